The van der Waals surface area contributed by atoms with Crippen LogP contribution in [0.5, 0.6) is 0 Å². The van der Waals surface area contributed by atoms with E-state index in [1.807, 2.05) is 25.7 Å². The smallest absolute Gasteiger partial charge is 0.237 e. The Kier molecular flexibility index (Phi) is 3.39. The van der Waals surface area contributed by atoms with Gasteiger partial charge in [0, 0.05) is 23.2 Å². The van der Waals surface area contributed by atoms with Gasteiger partial charge in [0.05, 0.1) is 5.75 Å². The maximum atomic E-state index is 11.6. The van der Waals surface area contributed by atoms with Gasteiger partial charge < -0.3 is 10.6 Å². The van der Waals surface area contributed by atoms with E-state index in [4.69, 9.17) is 5.73 Å². The summed E-state index contributed by atoms with van der Waals surface area (Å²) in [6, 6.07) is 0.114. The van der Waals surface area contributed by atoms with E-state index in [2.05, 4.69) is 0 Å². The van der Waals surface area contributed by atoms with Gasteiger partial charge in [0.25, 0.3) is 0 Å². The summed E-state index contributed by atoms with van der Waals surface area (Å²) in [5.41, 5.74) is 6.60. The third kappa shape index (κ3) is 2.06. The van der Waals surface area contributed by atoms with Gasteiger partial charge in [-0.05, 0) is 20.8 Å². The number of rotatable bonds is 2. The number of carbonyl (C=O) groups is 1. The average molecular weight is 200 g/mol. The minimum atomic E-state index is 0.114. The molecular weight excluding hydrogens is 184 g/mol. The second-order valence-electron chi connectivity index (χ2n) is 3.28. The predicted octanol–water partition coefficient (Wildman–Crippen LogP) is 1.16. The third-order valence-electron chi connectivity index (χ3n) is 2.33. The van der Waals surface area contributed by atoms with Crippen molar-refractivity contribution < 1.29 is 4.79 Å². The van der Waals surface area contributed by atoms with Crippen LogP contribution in [0.25, 0.3) is 0 Å². The Hall–Kier alpha value is -0.480. The molecule has 0 aromatic carbocycles. The summed E-state index contributed by atoms with van der Waals surface area (Å²) in [7, 11) is 0. The minimum Gasteiger partial charge on any atom is -0.328 e. The van der Waals surface area contributed by atoms with Crippen molar-refractivity contribution in [1.82, 2.24) is 4.90 Å². The lowest BCUT2D eigenvalue weighted by Crippen LogP contribution is -2.44. The quantitative estimate of drug-likeness (QED) is 0.727. The second kappa shape index (κ2) is 4.15. The first kappa shape index (κ1) is 10.6. The molecule has 1 heterocycles. The number of nitrogens with two attached hydrogens (primary N) is 1. The Morgan fingerprint density at radius 2 is 2.23 bits per heavy atom. The summed E-state index contributed by atoms with van der Waals surface area (Å²) < 4.78 is 0. The standard InChI is InChI=1S/C9H16N2OS/c1-6(4-10)11-7(2)8(3)13-5-9(11)12/h6H,4-5,10H2,1-3H3. The van der Waals surface area contributed by atoms with Crippen LogP contribution in [0.3, 0.4) is 0 Å². The van der Waals surface area contributed by atoms with Crippen molar-refractivity contribution in [3.63, 3.8) is 0 Å². The molecule has 1 aliphatic heterocycles. The highest BCUT2D eigenvalue weighted by Gasteiger charge is 2.25. The first-order valence-electron chi connectivity index (χ1n) is 4.40. The SMILES string of the molecule is CC1=C(C)N(C(C)CN)C(=O)CS1. The zero-order valence-corrected chi connectivity index (χ0v) is 9.15. The molecule has 1 amide bonds. The molecule has 0 aromatic rings. The molecule has 4 heteroatoms. The Balaban J connectivity index is 2.91. The monoisotopic (exact) mass is 200 g/mol. The molecule has 0 radical (unpaired) electrons. The normalized spacial score (nSPS) is 20.9. The summed E-state index contributed by atoms with van der Waals surface area (Å²) in [5, 5.41) is 0. The zero-order chi connectivity index (χ0) is 10.0. The van der Waals surface area contributed by atoms with Crippen molar-refractivity contribution in [2.45, 2.75) is 26.8 Å². The molecule has 2 N–H and O–H groups in total. The van der Waals surface area contributed by atoms with Crippen LogP contribution < -0.4 is 5.73 Å². The van der Waals surface area contributed by atoms with Crippen molar-refractivity contribution in [2.24, 2.45) is 5.73 Å². The number of hydrogen-bond acceptors (Lipinski definition) is 3. The fourth-order valence-electron chi connectivity index (χ4n) is 1.38. The topological polar surface area (TPSA) is 46.3 Å². The molecule has 1 unspecified atom stereocenters. The van der Waals surface area contributed by atoms with E-state index in [1.54, 1.807) is 11.8 Å². The lowest BCUT2D eigenvalue weighted by atomic mass is 10.2. The molecule has 1 atom stereocenters. The van der Waals surface area contributed by atoms with E-state index < -0.39 is 0 Å². The van der Waals surface area contributed by atoms with Gasteiger partial charge in [-0.2, -0.15) is 0 Å². The van der Waals surface area contributed by atoms with Gasteiger partial charge in [0.1, 0.15) is 0 Å². The molecule has 0 saturated carbocycles. The summed E-state index contributed by atoms with van der Waals surface area (Å²) in [5.74, 6) is 0.721. The van der Waals surface area contributed by atoms with E-state index in [1.165, 1.54) is 4.91 Å². The van der Waals surface area contributed by atoms with E-state index in [0.29, 0.717) is 12.3 Å². The molecule has 0 aliphatic carbocycles. The van der Waals surface area contributed by atoms with Crippen molar-refractivity contribution >= 4 is 17.7 Å². The number of hydrogen-bond donors (Lipinski definition) is 1. The van der Waals surface area contributed by atoms with Gasteiger partial charge in [-0.25, -0.2) is 0 Å². The summed E-state index contributed by atoms with van der Waals surface area (Å²) in [4.78, 5) is 14.6. The van der Waals surface area contributed by atoms with Crippen LogP contribution in [0.4, 0.5) is 0 Å². The average Bonchev–Trinajstić information content (AvgIpc) is 2.12. The zero-order valence-electron chi connectivity index (χ0n) is 8.33. The van der Waals surface area contributed by atoms with Crippen molar-refractivity contribution in [3.05, 3.63) is 10.6 Å². The van der Waals surface area contributed by atoms with E-state index in [-0.39, 0.29) is 11.9 Å². The van der Waals surface area contributed by atoms with E-state index in [0.717, 1.165) is 5.70 Å². The summed E-state index contributed by atoms with van der Waals surface area (Å²) >= 11 is 1.61. The minimum absolute atomic E-state index is 0.114. The Labute approximate surface area is 83.3 Å². The van der Waals surface area contributed by atoms with Gasteiger partial charge in [0.15, 0.2) is 0 Å². The first-order valence-corrected chi connectivity index (χ1v) is 5.39. The van der Waals surface area contributed by atoms with Crippen molar-refractivity contribution in [3.8, 4) is 0 Å². The third-order valence-corrected chi connectivity index (χ3v) is 3.45. The number of allylic oxidation sites excluding steroid dienone is 2. The van der Waals surface area contributed by atoms with Crippen molar-refractivity contribution in [1.29, 1.82) is 0 Å². The van der Waals surface area contributed by atoms with E-state index >= 15 is 0 Å². The molecule has 13 heavy (non-hydrogen) atoms. The van der Waals surface area contributed by atoms with Crippen LogP contribution in [0, 0.1) is 0 Å². The van der Waals surface area contributed by atoms with Gasteiger partial charge >= 0.3 is 0 Å². The van der Waals surface area contributed by atoms with Crippen LogP contribution in [0.15, 0.2) is 10.6 Å². The largest absolute Gasteiger partial charge is 0.328 e. The number of thioether (sulfide) groups is 1. The number of nitrogens with zero attached hydrogens (tertiary/aromatic N) is 1. The number of carbonyl (C=O) groups excluding carboxylic acids is 1. The van der Waals surface area contributed by atoms with Crippen LogP contribution in [-0.4, -0.2) is 29.1 Å². The highest BCUT2D eigenvalue weighted by atomic mass is 32.2. The molecule has 0 spiro atoms. The van der Waals surface area contributed by atoms with Crippen LogP contribution in [-0.2, 0) is 4.79 Å². The Bertz CT molecular complexity index is 250. The van der Waals surface area contributed by atoms with Crippen LogP contribution in [0.2, 0.25) is 0 Å². The molecule has 0 aromatic heterocycles. The highest BCUT2D eigenvalue weighted by molar-refractivity contribution is 8.03. The lowest BCUT2D eigenvalue weighted by Gasteiger charge is -2.33. The molecule has 3 nitrogen and oxygen atoms in total. The van der Waals surface area contributed by atoms with Crippen LogP contribution in [0.1, 0.15) is 20.8 Å². The van der Waals surface area contributed by atoms with Crippen molar-refractivity contribution in [2.75, 3.05) is 12.3 Å². The predicted molar refractivity (Wildman–Crippen MR) is 56.2 cm³/mol. The van der Waals surface area contributed by atoms with Gasteiger partial charge in [-0.15, -0.1) is 11.8 Å². The highest BCUT2D eigenvalue weighted by Crippen LogP contribution is 2.28. The summed E-state index contributed by atoms with van der Waals surface area (Å²) in [6.45, 7) is 6.51. The van der Waals surface area contributed by atoms with E-state index in [9.17, 15) is 4.79 Å². The molecular formula is C9H16N2OS. The Morgan fingerprint density at radius 1 is 1.62 bits per heavy atom. The lowest BCUT2D eigenvalue weighted by molar-refractivity contribution is -0.128. The fraction of sp³-hybridized carbons (Fsp3) is 0.667. The first-order chi connectivity index (χ1) is 6.07. The molecule has 74 valence electrons. The molecule has 0 bridgehead atoms. The van der Waals surface area contributed by atoms with Gasteiger partial charge in [0.2, 0.25) is 5.91 Å². The maximum absolute atomic E-state index is 11.6. The number of amides is 1. The summed E-state index contributed by atoms with van der Waals surface area (Å²) in [6.07, 6.45) is 0. The van der Waals surface area contributed by atoms with Crippen LogP contribution >= 0.6 is 11.8 Å². The Morgan fingerprint density at radius 3 is 2.77 bits per heavy atom. The molecule has 0 fully saturated rings. The second-order valence-corrected chi connectivity index (χ2v) is 4.47. The fourth-order valence-corrected chi connectivity index (χ4v) is 2.17. The molecule has 1 rings (SSSR count). The van der Waals surface area contributed by atoms with Gasteiger partial charge in [-0.3, -0.25) is 4.79 Å². The molecule has 1 aliphatic rings. The maximum Gasteiger partial charge on any atom is 0.237 e. The van der Waals surface area contributed by atoms with Gasteiger partial charge in [-0.1, -0.05) is 0 Å². The molecule has 0 saturated heterocycles.